The third kappa shape index (κ3) is 2.38. The van der Waals surface area contributed by atoms with Gasteiger partial charge >= 0.3 is 5.97 Å². The standard InChI is InChI=1S/C13H15ClO2/c1-8(13(15)16)12(9-2-3-9)10-4-6-11(14)7-5-10/h4-9,12H,2-3H2,1H3,(H,15,16)/t8?,12-/m1/s1. The third-order valence-electron chi connectivity index (χ3n) is 3.31. The quantitative estimate of drug-likeness (QED) is 0.871. The van der Waals surface area contributed by atoms with Crippen LogP contribution >= 0.6 is 11.6 Å². The van der Waals surface area contributed by atoms with Gasteiger partial charge in [-0.3, -0.25) is 4.79 Å². The number of aliphatic carboxylic acids is 1. The Labute approximate surface area is 100 Å². The van der Waals surface area contributed by atoms with Crippen LogP contribution < -0.4 is 0 Å². The predicted octanol–water partition coefficient (Wildman–Crippen LogP) is 3.55. The highest BCUT2D eigenvalue weighted by atomic mass is 35.5. The summed E-state index contributed by atoms with van der Waals surface area (Å²) < 4.78 is 0. The van der Waals surface area contributed by atoms with Crippen LogP contribution in [0.3, 0.4) is 0 Å². The van der Waals surface area contributed by atoms with Gasteiger partial charge in [-0.15, -0.1) is 0 Å². The van der Waals surface area contributed by atoms with Crippen molar-refractivity contribution in [2.45, 2.75) is 25.7 Å². The van der Waals surface area contributed by atoms with Crippen molar-refractivity contribution in [1.82, 2.24) is 0 Å². The molecule has 0 spiro atoms. The van der Waals surface area contributed by atoms with Crippen LogP contribution in [0, 0.1) is 11.8 Å². The molecule has 0 aliphatic heterocycles. The van der Waals surface area contributed by atoms with Gasteiger partial charge in [-0.25, -0.2) is 0 Å². The first kappa shape index (κ1) is 11.5. The molecule has 1 unspecified atom stereocenters. The van der Waals surface area contributed by atoms with E-state index >= 15 is 0 Å². The Morgan fingerprint density at radius 2 is 1.94 bits per heavy atom. The molecule has 1 aromatic carbocycles. The van der Waals surface area contributed by atoms with E-state index < -0.39 is 5.97 Å². The van der Waals surface area contributed by atoms with Gasteiger partial charge < -0.3 is 5.11 Å². The molecule has 2 rings (SSSR count). The summed E-state index contributed by atoms with van der Waals surface area (Å²) in [6.07, 6.45) is 2.29. The van der Waals surface area contributed by atoms with Gasteiger partial charge in [0.2, 0.25) is 0 Å². The minimum Gasteiger partial charge on any atom is -0.481 e. The number of rotatable bonds is 4. The van der Waals surface area contributed by atoms with Gasteiger partial charge in [-0.1, -0.05) is 30.7 Å². The van der Waals surface area contributed by atoms with E-state index in [2.05, 4.69) is 0 Å². The van der Waals surface area contributed by atoms with Crippen LogP contribution in [0.1, 0.15) is 31.2 Å². The lowest BCUT2D eigenvalue weighted by atomic mass is 9.83. The number of benzene rings is 1. The Bertz CT molecular complexity index is 381. The molecule has 1 aromatic rings. The second kappa shape index (κ2) is 4.46. The van der Waals surface area contributed by atoms with Crippen molar-refractivity contribution in [3.05, 3.63) is 34.9 Å². The molecule has 0 saturated heterocycles. The summed E-state index contributed by atoms with van der Waals surface area (Å²) in [5, 5.41) is 9.81. The van der Waals surface area contributed by atoms with E-state index in [-0.39, 0.29) is 11.8 Å². The Morgan fingerprint density at radius 1 is 1.38 bits per heavy atom. The van der Waals surface area contributed by atoms with Crippen molar-refractivity contribution in [3.63, 3.8) is 0 Å². The van der Waals surface area contributed by atoms with E-state index in [1.807, 2.05) is 24.3 Å². The fraction of sp³-hybridized carbons (Fsp3) is 0.462. The van der Waals surface area contributed by atoms with Gasteiger partial charge in [0.15, 0.2) is 0 Å². The van der Waals surface area contributed by atoms with Crippen molar-refractivity contribution in [2.75, 3.05) is 0 Å². The molecule has 0 bridgehead atoms. The number of halogens is 1. The average molecular weight is 239 g/mol. The zero-order chi connectivity index (χ0) is 11.7. The summed E-state index contributed by atoms with van der Waals surface area (Å²) in [5.74, 6) is -0.373. The normalized spacial score (nSPS) is 19.1. The SMILES string of the molecule is CC(C(=O)O)[C@@H](c1ccc(Cl)cc1)C1CC1. The monoisotopic (exact) mass is 238 g/mol. The molecular formula is C13H15ClO2. The number of carboxylic acid groups (broad SMARTS) is 1. The molecule has 1 aliphatic rings. The predicted molar refractivity (Wildman–Crippen MR) is 63.7 cm³/mol. The summed E-state index contributed by atoms with van der Waals surface area (Å²) >= 11 is 5.84. The van der Waals surface area contributed by atoms with E-state index in [0.717, 1.165) is 18.4 Å². The maximum Gasteiger partial charge on any atom is 0.306 e. The minimum atomic E-state index is -0.716. The van der Waals surface area contributed by atoms with E-state index in [4.69, 9.17) is 16.7 Å². The first-order valence-electron chi connectivity index (χ1n) is 5.58. The van der Waals surface area contributed by atoms with Gasteiger partial charge in [0.1, 0.15) is 0 Å². The van der Waals surface area contributed by atoms with Crippen molar-refractivity contribution in [2.24, 2.45) is 11.8 Å². The summed E-state index contributed by atoms with van der Waals surface area (Å²) in [6.45, 7) is 1.79. The van der Waals surface area contributed by atoms with Gasteiger partial charge in [0.05, 0.1) is 5.92 Å². The van der Waals surface area contributed by atoms with Gasteiger partial charge in [-0.05, 0) is 42.4 Å². The van der Waals surface area contributed by atoms with Crippen LogP contribution in [0.5, 0.6) is 0 Å². The van der Waals surface area contributed by atoms with Gasteiger partial charge in [0, 0.05) is 5.02 Å². The third-order valence-corrected chi connectivity index (χ3v) is 3.56. The van der Waals surface area contributed by atoms with Crippen LogP contribution in [0.4, 0.5) is 0 Å². The molecular weight excluding hydrogens is 224 g/mol. The zero-order valence-electron chi connectivity index (χ0n) is 9.19. The highest BCUT2D eigenvalue weighted by molar-refractivity contribution is 6.30. The van der Waals surface area contributed by atoms with Crippen LogP contribution in [-0.2, 0) is 4.79 Å². The van der Waals surface area contributed by atoms with E-state index in [0.29, 0.717) is 10.9 Å². The maximum absolute atomic E-state index is 11.1. The number of carboxylic acids is 1. The highest BCUT2D eigenvalue weighted by Gasteiger charge is 2.38. The van der Waals surface area contributed by atoms with Gasteiger partial charge in [-0.2, -0.15) is 0 Å². The first-order valence-corrected chi connectivity index (χ1v) is 5.95. The van der Waals surface area contributed by atoms with Crippen LogP contribution in [0.2, 0.25) is 5.02 Å². The van der Waals surface area contributed by atoms with E-state index in [1.54, 1.807) is 6.92 Å². The maximum atomic E-state index is 11.1. The molecule has 0 amide bonds. The van der Waals surface area contributed by atoms with E-state index in [1.165, 1.54) is 0 Å². The number of hydrogen-bond acceptors (Lipinski definition) is 1. The zero-order valence-corrected chi connectivity index (χ0v) is 9.95. The minimum absolute atomic E-state index is 0.134. The van der Waals surface area contributed by atoms with E-state index in [9.17, 15) is 4.79 Å². The smallest absolute Gasteiger partial charge is 0.306 e. The van der Waals surface area contributed by atoms with Crippen molar-refractivity contribution < 1.29 is 9.90 Å². The lowest BCUT2D eigenvalue weighted by Gasteiger charge is -2.21. The molecule has 16 heavy (non-hydrogen) atoms. The lowest BCUT2D eigenvalue weighted by molar-refractivity contribution is -0.142. The molecule has 1 aliphatic carbocycles. The number of hydrogen-bond donors (Lipinski definition) is 1. The molecule has 86 valence electrons. The fourth-order valence-corrected chi connectivity index (χ4v) is 2.39. The summed E-state index contributed by atoms with van der Waals surface area (Å²) in [6, 6.07) is 7.57. The summed E-state index contributed by atoms with van der Waals surface area (Å²) in [5.41, 5.74) is 1.10. The average Bonchev–Trinajstić information content (AvgIpc) is 3.05. The fourth-order valence-electron chi connectivity index (χ4n) is 2.26. The molecule has 3 heteroatoms. The largest absolute Gasteiger partial charge is 0.481 e. The van der Waals surface area contributed by atoms with Crippen molar-refractivity contribution in [3.8, 4) is 0 Å². The molecule has 0 heterocycles. The first-order chi connectivity index (χ1) is 7.59. The Kier molecular flexibility index (Phi) is 3.20. The van der Waals surface area contributed by atoms with Crippen LogP contribution in [0.25, 0.3) is 0 Å². The lowest BCUT2D eigenvalue weighted by Crippen LogP contribution is -2.20. The number of carbonyl (C=O) groups is 1. The highest BCUT2D eigenvalue weighted by Crippen LogP contribution is 2.46. The molecule has 1 fully saturated rings. The Balaban J connectivity index is 2.25. The van der Waals surface area contributed by atoms with Gasteiger partial charge in [0.25, 0.3) is 0 Å². The molecule has 0 aromatic heterocycles. The molecule has 2 atom stereocenters. The second-order valence-corrected chi connectivity index (χ2v) is 4.98. The molecule has 1 saturated carbocycles. The second-order valence-electron chi connectivity index (χ2n) is 4.54. The molecule has 2 nitrogen and oxygen atoms in total. The van der Waals surface area contributed by atoms with Crippen molar-refractivity contribution in [1.29, 1.82) is 0 Å². The molecule has 0 radical (unpaired) electrons. The van der Waals surface area contributed by atoms with Crippen molar-refractivity contribution >= 4 is 17.6 Å². The summed E-state index contributed by atoms with van der Waals surface area (Å²) in [4.78, 5) is 11.1. The Hall–Kier alpha value is -1.02. The van der Waals surface area contributed by atoms with Crippen LogP contribution in [0.15, 0.2) is 24.3 Å². The Morgan fingerprint density at radius 3 is 2.38 bits per heavy atom. The molecule has 1 N–H and O–H groups in total. The topological polar surface area (TPSA) is 37.3 Å². The van der Waals surface area contributed by atoms with Crippen LogP contribution in [-0.4, -0.2) is 11.1 Å². The summed E-state index contributed by atoms with van der Waals surface area (Å²) in [7, 11) is 0.